The molecular weight excluding hydrogens is 342 g/mol. The number of carbonyl (C=O) groups excluding carboxylic acids is 1. The van der Waals surface area contributed by atoms with Crippen molar-refractivity contribution in [3.05, 3.63) is 63.3 Å². The number of amides is 1. The van der Waals surface area contributed by atoms with Crippen LogP contribution in [0.2, 0.25) is 0 Å². The predicted octanol–water partition coefficient (Wildman–Crippen LogP) is 3.97. The van der Waals surface area contributed by atoms with E-state index in [0.717, 1.165) is 11.5 Å². The average molecular weight is 359 g/mol. The average Bonchev–Trinajstić information content (AvgIpc) is 3.19. The van der Waals surface area contributed by atoms with Gasteiger partial charge in [0.05, 0.1) is 17.8 Å². The van der Waals surface area contributed by atoms with Gasteiger partial charge in [0, 0.05) is 22.9 Å². The van der Waals surface area contributed by atoms with E-state index in [-0.39, 0.29) is 5.91 Å². The summed E-state index contributed by atoms with van der Waals surface area (Å²) in [5.41, 5.74) is 2.61. The lowest BCUT2D eigenvalue weighted by Gasteiger charge is -2.08. The molecule has 0 aliphatic heterocycles. The molecule has 7 heteroatoms. The molecule has 3 heterocycles. The molecule has 124 valence electrons. The minimum atomic E-state index is -0.116. The number of nitrogens with one attached hydrogen (secondary N) is 1. The molecule has 3 rings (SSSR count). The van der Waals surface area contributed by atoms with E-state index < -0.39 is 0 Å². The van der Waals surface area contributed by atoms with E-state index in [1.807, 2.05) is 25.3 Å². The molecule has 0 saturated heterocycles. The third-order valence-electron chi connectivity index (χ3n) is 3.43. The molecule has 0 bridgehead atoms. The van der Waals surface area contributed by atoms with Crippen molar-refractivity contribution >= 4 is 29.0 Å². The van der Waals surface area contributed by atoms with Crippen LogP contribution in [0.1, 0.15) is 32.3 Å². The van der Waals surface area contributed by atoms with E-state index in [2.05, 4.69) is 21.5 Å². The van der Waals surface area contributed by atoms with Gasteiger partial charge < -0.3 is 9.84 Å². The van der Waals surface area contributed by atoms with Gasteiger partial charge >= 0.3 is 0 Å². The predicted molar refractivity (Wildman–Crippen MR) is 95.3 cm³/mol. The largest absolute Gasteiger partial charge is 0.361 e. The van der Waals surface area contributed by atoms with E-state index in [1.54, 1.807) is 29.7 Å². The van der Waals surface area contributed by atoms with Gasteiger partial charge in [-0.2, -0.15) is 0 Å². The van der Waals surface area contributed by atoms with Crippen LogP contribution in [-0.4, -0.2) is 16.0 Å². The van der Waals surface area contributed by atoms with Gasteiger partial charge in [0.2, 0.25) is 0 Å². The maximum atomic E-state index is 12.5. The van der Waals surface area contributed by atoms with Crippen molar-refractivity contribution in [3.63, 3.8) is 0 Å². The Kier molecular flexibility index (Phi) is 5.32. The molecule has 0 spiro atoms. The number of pyridine rings is 1. The van der Waals surface area contributed by atoms with Gasteiger partial charge in [0.15, 0.2) is 0 Å². The summed E-state index contributed by atoms with van der Waals surface area (Å²) < 4.78 is 5.06. The summed E-state index contributed by atoms with van der Waals surface area (Å²) in [4.78, 5) is 18.0. The minimum absolute atomic E-state index is 0.116. The number of nitrogens with zero attached hydrogens (tertiary/aromatic N) is 2. The molecule has 1 N–H and O–H groups in total. The van der Waals surface area contributed by atoms with Crippen molar-refractivity contribution in [2.45, 2.75) is 31.2 Å². The Morgan fingerprint density at radius 2 is 2.25 bits per heavy atom. The number of thiophene rings is 1. The Labute approximate surface area is 148 Å². The van der Waals surface area contributed by atoms with Gasteiger partial charge in [-0.05, 0) is 43.0 Å². The molecular formula is C17H17N3O2S2. The smallest absolute Gasteiger partial charge is 0.254 e. The summed E-state index contributed by atoms with van der Waals surface area (Å²) in [6.07, 6.45) is 1.69. The Bertz CT molecular complexity index is 842. The van der Waals surface area contributed by atoms with Crippen LogP contribution in [0.5, 0.6) is 0 Å². The van der Waals surface area contributed by atoms with Crippen LogP contribution in [0.25, 0.3) is 0 Å². The molecule has 5 nitrogen and oxygen atoms in total. The molecule has 0 aliphatic carbocycles. The van der Waals surface area contributed by atoms with Crippen LogP contribution in [0.15, 0.2) is 45.4 Å². The van der Waals surface area contributed by atoms with Gasteiger partial charge in [-0.3, -0.25) is 4.79 Å². The van der Waals surface area contributed by atoms with Crippen LogP contribution < -0.4 is 5.32 Å². The Hall–Kier alpha value is -2.12. The first-order valence-corrected chi connectivity index (χ1v) is 9.31. The normalized spacial score (nSPS) is 10.8. The van der Waals surface area contributed by atoms with Crippen LogP contribution in [-0.2, 0) is 12.3 Å². The third-order valence-corrected chi connectivity index (χ3v) is 5.49. The van der Waals surface area contributed by atoms with Crippen LogP contribution in [0, 0.1) is 13.8 Å². The number of aryl methyl sites for hydroxylation is 2. The summed E-state index contributed by atoms with van der Waals surface area (Å²) in [5.74, 6) is 1.27. The van der Waals surface area contributed by atoms with Gasteiger partial charge in [-0.15, -0.1) is 11.3 Å². The zero-order chi connectivity index (χ0) is 16.9. The highest BCUT2D eigenvalue weighted by Gasteiger charge is 2.14. The fourth-order valence-electron chi connectivity index (χ4n) is 2.15. The fraction of sp³-hybridized carbons (Fsp3) is 0.235. The van der Waals surface area contributed by atoms with Crippen molar-refractivity contribution in [2.75, 3.05) is 0 Å². The second-order valence-electron chi connectivity index (χ2n) is 5.28. The molecule has 0 unspecified atom stereocenters. The lowest BCUT2D eigenvalue weighted by molar-refractivity contribution is 0.0947. The molecule has 0 radical (unpaired) electrons. The van der Waals surface area contributed by atoms with Crippen molar-refractivity contribution in [1.29, 1.82) is 0 Å². The molecule has 0 fully saturated rings. The first kappa shape index (κ1) is 16.7. The number of carbonyl (C=O) groups is 1. The first-order valence-electron chi connectivity index (χ1n) is 7.44. The minimum Gasteiger partial charge on any atom is -0.361 e. The van der Waals surface area contributed by atoms with E-state index >= 15 is 0 Å². The Balaban J connectivity index is 1.66. The summed E-state index contributed by atoms with van der Waals surface area (Å²) in [5, 5.41) is 9.65. The van der Waals surface area contributed by atoms with Gasteiger partial charge in [-0.1, -0.05) is 16.9 Å². The lowest BCUT2D eigenvalue weighted by atomic mass is 10.2. The summed E-state index contributed by atoms with van der Waals surface area (Å²) in [7, 11) is 0. The topological polar surface area (TPSA) is 68.0 Å². The molecule has 1 amide bonds. The molecule has 0 aromatic carbocycles. The molecule has 24 heavy (non-hydrogen) atoms. The monoisotopic (exact) mass is 359 g/mol. The second kappa shape index (κ2) is 7.63. The Morgan fingerprint density at radius 3 is 2.96 bits per heavy atom. The van der Waals surface area contributed by atoms with E-state index in [0.29, 0.717) is 22.9 Å². The van der Waals surface area contributed by atoms with Crippen molar-refractivity contribution in [3.8, 4) is 0 Å². The van der Waals surface area contributed by atoms with Gasteiger partial charge in [-0.25, -0.2) is 4.98 Å². The summed E-state index contributed by atoms with van der Waals surface area (Å²) in [6.45, 7) is 4.43. The molecule has 0 aliphatic rings. The van der Waals surface area contributed by atoms with Crippen LogP contribution >= 0.6 is 23.1 Å². The fourth-order valence-corrected chi connectivity index (χ4v) is 3.87. The highest BCUT2D eigenvalue weighted by molar-refractivity contribution is 7.98. The molecule has 0 atom stereocenters. The highest BCUT2D eigenvalue weighted by atomic mass is 32.2. The zero-order valence-electron chi connectivity index (χ0n) is 13.4. The number of thioether (sulfide) groups is 1. The highest BCUT2D eigenvalue weighted by Crippen LogP contribution is 2.24. The first-order chi connectivity index (χ1) is 11.6. The van der Waals surface area contributed by atoms with Crippen molar-refractivity contribution in [1.82, 2.24) is 15.5 Å². The van der Waals surface area contributed by atoms with E-state index in [4.69, 9.17) is 4.52 Å². The molecule has 0 saturated carbocycles. The molecule has 3 aromatic rings. The standard InChI is InChI=1S/C17H17N3O2S2/c1-11-5-7-23-15(11)9-19-16(21)14-4-3-6-18-17(14)24-10-13-8-12(2)22-20-13/h3-8H,9-10H2,1-2H3,(H,19,21). The number of aromatic nitrogens is 2. The Morgan fingerprint density at radius 1 is 1.38 bits per heavy atom. The SMILES string of the molecule is Cc1cc(CSc2ncccc2C(=O)NCc2sccc2C)no1. The number of hydrogen-bond donors (Lipinski definition) is 1. The van der Waals surface area contributed by atoms with Crippen LogP contribution in [0.3, 0.4) is 0 Å². The third kappa shape index (κ3) is 4.04. The zero-order valence-corrected chi connectivity index (χ0v) is 15.0. The number of rotatable bonds is 6. The maximum Gasteiger partial charge on any atom is 0.254 e. The maximum absolute atomic E-state index is 12.5. The van der Waals surface area contributed by atoms with Gasteiger partial charge in [0.25, 0.3) is 5.91 Å². The molecule has 3 aromatic heterocycles. The van der Waals surface area contributed by atoms with Gasteiger partial charge in [0.1, 0.15) is 10.8 Å². The summed E-state index contributed by atoms with van der Waals surface area (Å²) >= 11 is 3.12. The number of hydrogen-bond acceptors (Lipinski definition) is 6. The van der Waals surface area contributed by atoms with E-state index in [1.165, 1.54) is 22.2 Å². The summed E-state index contributed by atoms with van der Waals surface area (Å²) in [6, 6.07) is 7.50. The van der Waals surface area contributed by atoms with Crippen LogP contribution in [0.4, 0.5) is 0 Å². The lowest BCUT2D eigenvalue weighted by Crippen LogP contribution is -2.23. The van der Waals surface area contributed by atoms with Crippen molar-refractivity contribution < 1.29 is 9.32 Å². The van der Waals surface area contributed by atoms with E-state index in [9.17, 15) is 4.79 Å². The quantitative estimate of drug-likeness (QED) is 0.675. The van der Waals surface area contributed by atoms with Crippen molar-refractivity contribution in [2.24, 2.45) is 0 Å². The second-order valence-corrected chi connectivity index (χ2v) is 7.25.